The number of ketones is 1. The van der Waals surface area contributed by atoms with E-state index in [0.29, 0.717) is 0 Å². The minimum absolute atomic E-state index is 0.0142. The molecule has 1 aromatic heterocycles. The van der Waals surface area contributed by atoms with Gasteiger partial charge in [0.05, 0.1) is 11.2 Å². The van der Waals surface area contributed by atoms with Crippen molar-refractivity contribution in [2.24, 2.45) is 0 Å². The first kappa shape index (κ1) is 15.4. The predicted octanol–water partition coefficient (Wildman–Crippen LogP) is 2.80. The van der Waals surface area contributed by atoms with Crippen LogP contribution in [-0.2, 0) is 10.2 Å². The normalized spacial score (nSPS) is 13.3. The Bertz CT molecular complexity index is 704. The van der Waals surface area contributed by atoms with E-state index in [0.717, 1.165) is 0 Å². The number of carboxylic acid groups (broad SMARTS) is 1. The van der Waals surface area contributed by atoms with E-state index >= 15 is 0 Å². The monoisotopic (exact) mass is 303 g/mol. The summed E-state index contributed by atoms with van der Waals surface area (Å²) in [5, 5.41) is 20.3. The lowest BCUT2D eigenvalue weighted by atomic mass is 9.73. The van der Waals surface area contributed by atoms with Crippen molar-refractivity contribution in [3.63, 3.8) is 0 Å². The number of carboxylic acids is 1. The molecule has 22 heavy (non-hydrogen) atoms. The first-order valence-electron chi connectivity index (χ1n) is 6.50. The number of hydrogen-bond acceptors (Lipinski definition) is 5. The van der Waals surface area contributed by atoms with Gasteiger partial charge in [-0.25, -0.2) is 0 Å². The van der Waals surface area contributed by atoms with E-state index in [1.807, 2.05) is 0 Å². The highest BCUT2D eigenvalue weighted by molar-refractivity contribution is 6.15. The number of hydrogen-bond donors (Lipinski definition) is 1. The Balaban J connectivity index is 2.56. The number of nitro benzene ring substituents is 1. The Labute approximate surface area is 125 Å². The number of carbonyl (C=O) groups excluding carboxylic acids is 1. The molecule has 2 rings (SSSR count). The molecule has 0 spiro atoms. The first-order valence-corrected chi connectivity index (χ1v) is 6.50. The van der Waals surface area contributed by atoms with E-state index in [1.54, 1.807) is 6.92 Å². The number of non-ortho nitro benzene ring substituents is 1. The van der Waals surface area contributed by atoms with Crippen molar-refractivity contribution in [2.75, 3.05) is 0 Å². The van der Waals surface area contributed by atoms with Gasteiger partial charge in [-0.1, -0.05) is 19.1 Å². The van der Waals surface area contributed by atoms with Crippen LogP contribution in [0.5, 0.6) is 0 Å². The number of carbonyl (C=O) groups is 2. The summed E-state index contributed by atoms with van der Waals surface area (Å²) in [7, 11) is 0. The molecule has 0 amide bonds. The second-order valence-corrected chi connectivity index (χ2v) is 4.67. The van der Waals surface area contributed by atoms with Crippen molar-refractivity contribution < 1.29 is 24.0 Å². The molecule has 0 bridgehead atoms. The van der Waals surface area contributed by atoms with Gasteiger partial charge in [-0.2, -0.15) is 0 Å². The highest BCUT2D eigenvalue weighted by Crippen LogP contribution is 2.33. The van der Waals surface area contributed by atoms with Gasteiger partial charge in [-0.05, 0) is 24.1 Å². The van der Waals surface area contributed by atoms with Gasteiger partial charge in [0.25, 0.3) is 5.69 Å². The van der Waals surface area contributed by atoms with Gasteiger partial charge in [-0.3, -0.25) is 19.7 Å². The molecule has 1 aromatic carbocycles. The van der Waals surface area contributed by atoms with Crippen molar-refractivity contribution in [1.82, 2.24) is 0 Å². The maximum atomic E-state index is 12.6. The van der Waals surface area contributed by atoms with Crippen LogP contribution in [0.25, 0.3) is 0 Å². The number of nitrogens with zero attached hydrogens (tertiary/aromatic N) is 1. The third kappa shape index (κ3) is 2.37. The molecule has 0 radical (unpaired) electrons. The number of rotatable bonds is 6. The van der Waals surface area contributed by atoms with E-state index in [4.69, 9.17) is 4.42 Å². The number of Topliss-reactive ketones (excluding diaryl/α,β-unsaturated/α-hetero) is 1. The van der Waals surface area contributed by atoms with Crippen LogP contribution >= 0.6 is 0 Å². The molecular formula is C15H13NO6. The Kier molecular flexibility index (Phi) is 4.07. The lowest BCUT2D eigenvalue weighted by molar-refractivity contribution is -0.384. The fraction of sp³-hybridized carbons (Fsp3) is 0.200. The molecule has 114 valence electrons. The standard InChI is InChI=1S/C15H13NO6/c1-2-15(14(18)19,13(17)12-4-3-9-22-12)10-5-7-11(8-6-10)16(20)21/h3-9H,2H2,1H3,(H,18,19). The van der Waals surface area contributed by atoms with Crippen molar-refractivity contribution in [3.05, 3.63) is 64.1 Å². The fourth-order valence-corrected chi connectivity index (χ4v) is 2.35. The van der Waals surface area contributed by atoms with E-state index in [9.17, 15) is 24.8 Å². The molecule has 1 atom stereocenters. The Morgan fingerprint density at radius 3 is 2.32 bits per heavy atom. The Morgan fingerprint density at radius 2 is 1.91 bits per heavy atom. The van der Waals surface area contributed by atoms with Gasteiger partial charge < -0.3 is 9.52 Å². The first-order chi connectivity index (χ1) is 10.4. The molecule has 2 aromatic rings. The topological polar surface area (TPSA) is 111 Å². The summed E-state index contributed by atoms with van der Waals surface area (Å²) in [6, 6.07) is 7.82. The van der Waals surface area contributed by atoms with E-state index < -0.39 is 22.1 Å². The van der Waals surface area contributed by atoms with E-state index in [-0.39, 0.29) is 23.4 Å². The molecule has 1 unspecified atom stereocenters. The van der Waals surface area contributed by atoms with Crippen LogP contribution in [0.15, 0.2) is 47.1 Å². The van der Waals surface area contributed by atoms with Gasteiger partial charge >= 0.3 is 5.97 Å². The average molecular weight is 303 g/mol. The largest absolute Gasteiger partial charge is 0.480 e. The summed E-state index contributed by atoms with van der Waals surface area (Å²) in [6.45, 7) is 1.57. The van der Waals surface area contributed by atoms with E-state index in [2.05, 4.69) is 0 Å². The highest BCUT2D eigenvalue weighted by Gasteiger charge is 2.47. The summed E-state index contributed by atoms with van der Waals surface area (Å²) >= 11 is 0. The SMILES string of the molecule is CCC(C(=O)O)(C(=O)c1ccco1)c1ccc([N+](=O)[O-])cc1. The van der Waals surface area contributed by atoms with Gasteiger partial charge in [0.2, 0.25) is 5.78 Å². The summed E-state index contributed by atoms with van der Waals surface area (Å²) in [6.07, 6.45) is 1.27. The molecule has 0 fully saturated rings. The average Bonchev–Trinajstić information content (AvgIpc) is 3.02. The zero-order valence-electron chi connectivity index (χ0n) is 11.7. The smallest absolute Gasteiger partial charge is 0.322 e. The van der Waals surface area contributed by atoms with Gasteiger partial charge in [0, 0.05) is 12.1 Å². The fourth-order valence-electron chi connectivity index (χ4n) is 2.35. The van der Waals surface area contributed by atoms with Crippen LogP contribution in [0.4, 0.5) is 5.69 Å². The molecule has 0 aliphatic heterocycles. The van der Waals surface area contributed by atoms with Crippen molar-refractivity contribution in [2.45, 2.75) is 18.8 Å². The highest BCUT2D eigenvalue weighted by atomic mass is 16.6. The zero-order valence-corrected chi connectivity index (χ0v) is 11.7. The van der Waals surface area contributed by atoms with Crippen LogP contribution in [-0.4, -0.2) is 21.8 Å². The summed E-state index contributed by atoms with van der Waals surface area (Å²) in [5.41, 5.74) is -1.84. The minimum Gasteiger partial charge on any atom is -0.480 e. The minimum atomic E-state index is -1.84. The van der Waals surface area contributed by atoms with Gasteiger partial charge in [0.15, 0.2) is 11.2 Å². The van der Waals surface area contributed by atoms with Gasteiger partial charge in [-0.15, -0.1) is 0 Å². The van der Waals surface area contributed by atoms with Crippen LogP contribution in [0, 0.1) is 10.1 Å². The van der Waals surface area contributed by atoms with Crippen LogP contribution in [0.1, 0.15) is 29.5 Å². The quantitative estimate of drug-likeness (QED) is 0.380. The molecule has 7 heteroatoms. The molecule has 7 nitrogen and oxygen atoms in total. The van der Waals surface area contributed by atoms with Crippen molar-refractivity contribution in [3.8, 4) is 0 Å². The predicted molar refractivity (Wildman–Crippen MR) is 75.7 cm³/mol. The van der Waals surface area contributed by atoms with Crippen LogP contribution in [0.3, 0.4) is 0 Å². The number of benzene rings is 1. The summed E-state index contributed by atoms with van der Waals surface area (Å²) < 4.78 is 5.02. The second-order valence-electron chi connectivity index (χ2n) is 4.67. The van der Waals surface area contributed by atoms with Crippen molar-refractivity contribution in [1.29, 1.82) is 0 Å². The van der Waals surface area contributed by atoms with E-state index in [1.165, 1.54) is 42.7 Å². The third-order valence-corrected chi connectivity index (χ3v) is 3.60. The molecular weight excluding hydrogens is 290 g/mol. The lowest BCUT2D eigenvalue weighted by Gasteiger charge is -2.26. The van der Waals surface area contributed by atoms with Crippen LogP contribution < -0.4 is 0 Å². The zero-order chi connectivity index (χ0) is 16.3. The lowest BCUT2D eigenvalue weighted by Crippen LogP contribution is -2.43. The number of furan rings is 1. The summed E-state index contributed by atoms with van der Waals surface area (Å²) in [5.74, 6) is -2.09. The maximum Gasteiger partial charge on any atom is 0.322 e. The third-order valence-electron chi connectivity index (χ3n) is 3.60. The Hall–Kier alpha value is -2.96. The maximum absolute atomic E-state index is 12.6. The number of aliphatic carboxylic acids is 1. The molecule has 0 saturated carbocycles. The summed E-state index contributed by atoms with van der Waals surface area (Å²) in [4.78, 5) is 34.5. The van der Waals surface area contributed by atoms with Gasteiger partial charge in [0.1, 0.15) is 0 Å². The van der Waals surface area contributed by atoms with Crippen LogP contribution in [0.2, 0.25) is 0 Å². The molecule has 1 N–H and O–H groups in total. The molecule has 0 saturated heterocycles. The number of nitro groups is 1. The molecule has 1 heterocycles. The van der Waals surface area contributed by atoms with Crippen molar-refractivity contribution >= 4 is 17.4 Å². The molecule has 0 aliphatic rings. The second kappa shape index (κ2) is 5.80. The molecule has 0 aliphatic carbocycles. The Morgan fingerprint density at radius 1 is 1.27 bits per heavy atom.